The van der Waals surface area contributed by atoms with Crippen molar-refractivity contribution in [3.8, 4) is 5.69 Å². The number of carbonyl (C=O) groups is 1. The number of likely N-dealkylation sites (N-methyl/N-ethyl adjacent to an activating group) is 1. The lowest BCUT2D eigenvalue weighted by Crippen LogP contribution is -2.45. The molecule has 1 amide bonds. The first-order chi connectivity index (χ1) is 15.6. The van der Waals surface area contributed by atoms with Crippen LogP contribution in [-0.4, -0.2) is 58.8 Å². The van der Waals surface area contributed by atoms with Crippen molar-refractivity contribution in [2.45, 2.75) is 32.7 Å². The lowest BCUT2D eigenvalue weighted by atomic mass is 10.1. The number of pyridine rings is 1. The highest BCUT2D eigenvalue weighted by molar-refractivity contribution is 5.94. The summed E-state index contributed by atoms with van der Waals surface area (Å²) in [4.78, 5) is 22.5. The summed E-state index contributed by atoms with van der Waals surface area (Å²) >= 11 is 0. The minimum absolute atomic E-state index is 0.108. The third kappa shape index (κ3) is 3.88. The molecule has 166 valence electrons. The number of nitrogens with one attached hydrogen (secondary N) is 1. The predicted octanol–water partition coefficient (Wildman–Crippen LogP) is 2.75. The van der Waals surface area contributed by atoms with Crippen molar-refractivity contribution >= 4 is 11.7 Å². The molecule has 3 aromatic rings. The maximum Gasteiger partial charge on any atom is 0.272 e. The van der Waals surface area contributed by atoms with E-state index in [1.165, 1.54) is 5.69 Å². The zero-order chi connectivity index (χ0) is 22.1. The second-order valence-corrected chi connectivity index (χ2v) is 8.78. The van der Waals surface area contributed by atoms with Gasteiger partial charge in [0, 0.05) is 55.7 Å². The van der Waals surface area contributed by atoms with Gasteiger partial charge in [-0.15, -0.1) is 0 Å². The average Bonchev–Trinajstić information content (AvgIpc) is 3.42. The zero-order valence-corrected chi connectivity index (χ0v) is 18.8. The summed E-state index contributed by atoms with van der Waals surface area (Å²) in [5, 5.41) is 7.89. The number of hydrogen-bond acceptors (Lipinski definition) is 5. The van der Waals surface area contributed by atoms with Crippen LogP contribution >= 0.6 is 0 Å². The molecule has 1 aromatic carbocycles. The fourth-order valence-electron chi connectivity index (χ4n) is 4.75. The molecule has 7 nitrogen and oxygen atoms in total. The van der Waals surface area contributed by atoms with Crippen LogP contribution in [0.2, 0.25) is 0 Å². The van der Waals surface area contributed by atoms with Crippen LogP contribution in [0.4, 0.5) is 5.82 Å². The van der Waals surface area contributed by atoms with E-state index in [9.17, 15) is 4.79 Å². The van der Waals surface area contributed by atoms with Gasteiger partial charge in [-0.1, -0.05) is 24.3 Å². The predicted molar refractivity (Wildman–Crippen MR) is 125 cm³/mol. The van der Waals surface area contributed by atoms with Crippen molar-refractivity contribution in [2.75, 3.05) is 38.1 Å². The van der Waals surface area contributed by atoms with Gasteiger partial charge in [-0.3, -0.25) is 4.79 Å². The summed E-state index contributed by atoms with van der Waals surface area (Å²) in [6.45, 7) is 6.46. The molecular formula is C25H30N6O. The highest BCUT2D eigenvalue weighted by atomic mass is 16.2. The van der Waals surface area contributed by atoms with E-state index in [-0.39, 0.29) is 5.91 Å². The minimum atomic E-state index is -0.108. The summed E-state index contributed by atoms with van der Waals surface area (Å²) in [6, 6.07) is 12.2. The molecule has 3 heterocycles. The van der Waals surface area contributed by atoms with Gasteiger partial charge >= 0.3 is 0 Å². The molecule has 1 aliphatic carbocycles. The fourth-order valence-corrected chi connectivity index (χ4v) is 4.75. The summed E-state index contributed by atoms with van der Waals surface area (Å²) in [5.41, 5.74) is 6.07. The number of amides is 1. The number of anilines is 1. The second kappa shape index (κ2) is 8.74. The van der Waals surface area contributed by atoms with Gasteiger partial charge in [0.1, 0.15) is 5.82 Å². The molecule has 0 unspecified atom stereocenters. The van der Waals surface area contributed by atoms with Crippen LogP contribution in [0.1, 0.15) is 39.3 Å². The number of aryl methyl sites for hydroxylation is 1. The van der Waals surface area contributed by atoms with E-state index in [1.807, 2.05) is 29.1 Å². The quantitative estimate of drug-likeness (QED) is 0.674. The molecule has 1 saturated heterocycles. The Morgan fingerprint density at radius 1 is 1.06 bits per heavy atom. The molecule has 1 aliphatic heterocycles. The summed E-state index contributed by atoms with van der Waals surface area (Å²) in [6.07, 6.45) is 4.76. The van der Waals surface area contributed by atoms with Crippen molar-refractivity contribution < 1.29 is 4.79 Å². The van der Waals surface area contributed by atoms with Crippen LogP contribution < -0.4 is 10.2 Å². The number of piperazine rings is 1. The number of benzene rings is 1. The molecule has 1 N–H and O–H groups in total. The van der Waals surface area contributed by atoms with Crippen LogP contribution in [0.3, 0.4) is 0 Å². The van der Waals surface area contributed by atoms with Crippen LogP contribution in [0, 0.1) is 6.92 Å². The van der Waals surface area contributed by atoms with Gasteiger partial charge < -0.3 is 15.1 Å². The SMILES string of the molecule is Cc1ccccc1-n1nc(C(=O)NCc2cccnc2N2CCN(C)CC2)c2c1CCC2. The normalized spacial score (nSPS) is 16.2. The van der Waals surface area contributed by atoms with Gasteiger partial charge in [-0.25, -0.2) is 9.67 Å². The molecule has 0 bridgehead atoms. The van der Waals surface area contributed by atoms with Crippen molar-refractivity contribution in [1.82, 2.24) is 25.0 Å². The van der Waals surface area contributed by atoms with Crippen molar-refractivity contribution in [3.05, 3.63) is 70.7 Å². The van der Waals surface area contributed by atoms with E-state index in [0.29, 0.717) is 12.2 Å². The first-order valence-corrected chi connectivity index (χ1v) is 11.4. The Morgan fingerprint density at radius 2 is 1.88 bits per heavy atom. The first-order valence-electron chi connectivity index (χ1n) is 11.4. The van der Waals surface area contributed by atoms with Gasteiger partial charge in [0.25, 0.3) is 5.91 Å². The van der Waals surface area contributed by atoms with E-state index < -0.39 is 0 Å². The van der Waals surface area contributed by atoms with Crippen LogP contribution in [0.5, 0.6) is 0 Å². The fraction of sp³-hybridized carbons (Fsp3) is 0.400. The molecule has 32 heavy (non-hydrogen) atoms. The third-order valence-electron chi connectivity index (χ3n) is 6.60. The monoisotopic (exact) mass is 430 g/mol. The lowest BCUT2D eigenvalue weighted by molar-refractivity contribution is 0.0944. The number of para-hydroxylation sites is 1. The molecule has 5 rings (SSSR count). The average molecular weight is 431 g/mol. The van der Waals surface area contributed by atoms with Gasteiger partial charge in [-0.2, -0.15) is 5.10 Å². The molecular weight excluding hydrogens is 400 g/mol. The Balaban J connectivity index is 1.36. The molecule has 2 aliphatic rings. The summed E-state index contributed by atoms with van der Waals surface area (Å²) in [7, 11) is 2.14. The Kier molecular flexibility index (Phi) is 5.66. The molecule has 0 atom stereocenters. The molecule has 2 aromatic heterocycles. The van der Waals surface area contributed by atoms with Crippen molar-refractivity contribution in [3.63, 3.8) is 0 Å². The number of hydrogen-bond donors (Lipinski definition) is 1. The summed E-state index contributed by atoms with van der Waals surface area (Å²) in [5.74, 6) is 0.861. The third-order valence-corrected chi connectivity index (χ3v) is 6.60. The number of carbonyl (C=O) groups excluding carboxylic acids is 1. The Morgan fingerprint density at radius 3 is 2.69 bits per heavy atom. The molecule has 0 radical (unpaired) electrons. The van der Waals surface area contributed by atoms with E-state index >= 15 is 0 Å². The molecule has 0 spiro atoms. The van der Waals surface area contributed by atoms with Gasteiger partial charge in [0.2, 0.25) is 0 Å². The zero-order valence-electron chi connectivity index (χ0n) is 18.8. The van der Waals surface area contributed by atoms with Crippen LogP contribution in [0.25, 0.3) is 5.69 Å². The minimum Gasteiger partial charge on any atom is -0.354 e. The number of fused-ring (bicyclic) bond motifs is 1. The van der Waals surface area contributed by atoms with E-state index in [1.54, 1.807) is 0 Å². The van der Waals surface area contributed by atoms with Crippen molar-refractivity contribution in [2.24, 2.45) is 0 Å². The topological polar surface area (TPSA) is 66.3 Å². The van der Waals surface area contributed by atoms with E-state index in [4.69, 9.17) is 5.10 Å². The number of nitrogens with zero attached hydrogens (tertiary/aromatic N) is 5. The van der Waals surface area contributed by atoms with Gasteiger partial charge in [0.15, 0.2) is 5.69 Å². The maximum atomic E-state index is 13.2. The standard InChI is InChI=1S/C25H30N6O/c1-18-7-3-4-10-21(18)31-22-11-5-9-20(22)23(28-31)25(32)27-17-19-8-6-12-26-24(19)30-15-13-29(2)14-16-30/h3-4,6-8,10,12H,5,9,11,13-17H2,1-2H3,(H,27,32). The smallest absolute Gasteiger partial charge is 0.272 e. The number of rotatable bonds is 5. The van der Waals surface area contributed by atoms with Crippen molar-refractivity contribution in [1.29, 1.82) is 0 Å². The molecule has 0 saturated carbocycles. The molecule has 1 fully saturated rings. The van der Waals surface area contributed by atoms with Gasteiger partial charge in [0.05, 0.1) is 5.69 Å². The van der Waals surface area contributed by atoms with E-state index in [0.717, 1.165) is 73.6 Å². The summed E-state index contributed by atoms with van der Waals surface area (Å²) < 4.78 is 1.98. The van der Waals surface area contributed by atoms with Gasteiger partial charge in [-0.05, 0) is 50.9 Å². The Hall–Kier alpha value is -3.19. The maximum absolute atomic E-state index is 13.2. The van der Waals surface area contributed by atoms with E-state index in [2.05, 4.69) is 52.3 Å². The first kappa shape index (κ1) is 20.7. The lowest BCUT2D eigenvalue weighted by Gasteiger charge is -2.34. The molecule has 7 heteroatoms. The number of aromatic nitrogens is 3. The van der Waals surface area contributed by atoms with Crippen LogP contribution in [-0.2, 0) is 19.4 Å². The highest BCUT2D eigenvalue weighted by Gasteiger charge is 2.27. The Bertz CT molecular complexity index is 1130. The Labute approximate surface area is 189 Å². The second-order valence-electron chi connectivity index (χ2n) is 8.78. The van der Waals surface area contributed by atoms with Crippen LogP contribution in [0.15, 0.2) is 42.6 Å². The largest absolute Gasteiger partial charge is 0.354 e. The highest BCUT2D eigenvalue weighted by Crippen LogP contribution is 2.29.